The molecule has 3 N–H and O–H groups in total. The van der Waals surface area contributed by atoms with Crippen LogP contribution in [0.2, 0.25) is 0 Å². The van der Waals surface area contributed by atoms with E-state index in [0.29, 0.717) is 21.5 Å². The maximum Gasteiger partial charge on any atom is 0.174 e. The van der Waals surface area contributed by atoms with Crippen molar-refractivity contribution in [3.63, 3.8) is 0 Å². The second-order valence-electron chi connectivity index (χ2n) is 3.55. The molecule has 1 aromatic heterocycles. The minimum absolute atomic E-state index is 0.0128. The van der Waals surface area contributed by atoms with Crippen LogP contribution in [0.25, 0.3) is 11.3 Å². The number of nitrogens with two attached hydrogens (primary N) is 1. The average molecular weight is 299 g/mol. The van der Waals surface area contributed by atoms with Crippen molar-refractivity contribution in [2.75, 3.05) is 12.8 Å². The van der Waals surface area contributed by atoms with Gasteiger partial charge in [0.1, 0.15) is 0 Å². The fourth-order valence-electron chi connectivity index (χ4n) is 1.54. The Bertz CT molecular complexity index is 566. The summed E-state index contributed by atoms with van der Waals surface area (Å²) in [7, 11) is 1.49. The van der Waals surface area contributed by atoms with E-state index in [4.69, 9.17) is 15.0 Å². The van der Waals surface area contributed by atoms with E-state index >= 15 is 0 Å². The molecule has 2 rings (SSSR count). The Kier molecular flexibility index (Phi) is 2.97. The maximum absolute atomic E-state index is 10.1. The molecule has 0 saturated carbocycles. The lowest BCUT2D eigenvalue weighted by Crippen LogP contribution is -1.90. The number of phenols is 1. The molecule has 0 radical (unpaired) electrons. The number of ether oxygens (including phenoxy) is 1. The number of nitrogen functional groups attached to an aromatic ring is 1. The Morgan fingerprint density at radius 2 is 2.18 bits per heavy atom. The number of aromatic nitrogens is 1. The molecule has 0 saturated heterocycles. The number of methoxy groups -OCH3 is 1. The fraction of sp³-hybridized carbons (Fsp3) is 0.182. The minimum Gasteiger partial charge on any atom is -0.504 e. The van der Waals surface area contributed by atoms with Crippen molar-refractivity contribution in [3.05, 3.63) is 22.2 Å². The van der Waals surface area contributed by atoms with Crippen LogP contribution < -0.4 is 10.5 Å². The van der Waals surface area contributed by atoms with Gasteiger partial charge in [0.25, 0.3) is 0 Å². The molecule has 5 nitrogen and oxygen atoms in total. The number of hydrogen-bond acceptors (Lipinski definition) is 5. The van der Waals surface area contributed by atoms with Crippen molar-refractivity contribution in [2.24, 2.45) is 0 Å². The van der Waals surface area contributed by atoms with Gasteiger partial charge in [-0.2, -0.15) is 0 Å². The first kappa shape index (κ1) is 11.8. The van der Waals surface area contributed by atoms with Gasteiger partial charge in [-0.3, -0.25) is 0 Å². The fourth-order valence-corrected chi connectivity index (χ4v) is 2.04. The smallest absolute Gasteiger partial charge is 0.174 e. The number of benzene rings is 1. The Labute approximate surface area is 106 Å². The lowest BCUT2D eigenvalue weighted by Gasteiger charge is -2.11. The monoisotopic (exact) mass is 298 g/mol. The summed E-state index contributed by atoms with van der Waals surface area (Å²) in [5, 5.41) is 13.7. The van der Waals surface area contributed by atoms with Crippen molar-refractivity contribution in [2.45, 2.75) is 6.92 Å². The van der Waals surface area contributed by atoms with Crippen molar-refractivity contribution >= 4 is 21.7 Å². The predicted molar refractivity (Wildman–Crippen MR) is 67.0 cm³/mol. The van der Waals surface area contributed by atoms with Gasteiger partial charge in [-0.1, -0.05) is 5.16 Å². The summed E-state index contributed by atoms with van der Waals surface area (Å²) in [6, 6.07) is 3.27. The van der Waals surface area contributed by atoms with E-state index in [-0.39, 0.29) is 11.6 Å². The van der Waals surface area contributed by atoms with E-state index in [2.05, 4.69) is 21.1 Å². The highest BCUT2D eigenvalue weighted by Crippen LogP contribution is 2.44. The largest absolute Gasteiger partial charge is 0.504 e. The van der Waals surface area contributed by atoms with Crippen molar-refractivity contribution < 1.29 is 14.4 Å². The van der Waals surface area contributed by atoms with E-state index in [1.54, 1.807) is 12.1 Å². The number of halogens is 1. The number of nitrogens with zero attached hydrogens (tertiary/aromatic N) is 1. The zero-order valence-electron chi connectivity index (χ0n) is 9.32. The molecule has 0 unspecified atom stereocenters. The second kappa shape index (κ2) is 4.29. The van der Waals surface area contributed by atoms with E-state index in [1.165, 1.54) is 7.11 Å². The predicted octanol–water partition coefficient (Wildman–Crippen LogP) is 2.71. The van der Waals surface area contributed by atoms with Crippen LogP contribution in [-0.4, -0.2) is 17.4 Å². The highest BCUT2D eigenvalue weighted by molar-refractivity contribution is 9.10. The van der Waals surface area contributed by atoms with Gasteiger partial charge in [0.15, 0.2) is 23.1 Å². The third-order valence-corrected chi connectivity index (χ3v) is 3.40. The van der Waals surface area contributed by atoms with Gasteiger partial charge in [-0.15, -0.1) is 0 Å². The minimum atomic E-state index is -0.0128. The van der Waals surface area contributed by atoms with E-state index in [9.17, 15) is 5.11 Å². The summed E-state index contributed by atoms with van der Waals surface area (Å²) in [4.78, 5) is 0. The van der Waals surface area contributed by atoms with Gasteiger partial charge in [0.2, 0.25) is 0 Å². The Balaban J connectivity index is 2.71. The normalized spacial score (nSPS) is 10.5. The topological polar surface area (TPSA) is 81.5 Å². The number of phenolic OH excluding ortho intramolecular Hbond substituents is 1. The zero-order valence-corrected chi connectivity index (χ0v) is 10.9. The maximum atomic E-state index is 10.1. The summed E-state index contributed by atoms with van der Waals surface area (Å²) in [6.45, 7) is 1.88. The van der Waals surface area contributed by atoms with Gasteiger partial charge in [0.05, 0.1) is 12.7 Å². The van der Waals surface area contributed by atoms with Crippen molar-refractivity contribution in [1.29, 1.82) is 0 Å². The molecule has 0 atom stereocenters. The highest BCUT2D eigenvalue weighted by Gasteiger charge is 2.19. The summed E-state index contributed by atoms with van der Waals surface area (Å²) in [5.74, 6) is 0.998. The van der Waals surface area contributed by atoms with Gasteiger partial charge in [-0.05, 0) is 34.5 Å². The highest BCUT2D eigenvalue weighted by atomic mass is 79.9. The lowest BCUT2D eigenvalue weighted by atomic mass is 10.1. The molecule has 0 aliphatic carbocycles. The van der Waals surface area contributed by atoms with Crippen LogP contribution in [0.4, 0.5) is 5.82 Å². The van der Waals surface area contributed by atoms with Gasteiger partial charge in [0, 0.05) is 10.5 Å². The lowest BCUT2D eigenvalue weighted by molar-refractivity contribution is 0.371. The number of rotatable bonds is 2. The van der Waals surface area contributed by atoms with Crippen LogP contribution in [0.3, 0.4) is 0 Å². The van der Waals surface area contributed by atoms with Crippen molar-refractivity contribution in [1.82, 2.24) is 5.16 Å². The first-order chi connectivity index (χ1) is 8.04. The van der Waals surface area contributed by atoms with E-state index < -0.39 is 0 Å². The molecule has 6 heteroatoms. The van der Waals surface area contributed by atoms with Gasteiger partial charge in [-0.25, -0.2) is 0 Å². The van der Waals surface area contributed by atoms with Crippen LogP contribution in [0.1, 0.15) is 5.56 Å². The number of anilines is 1. The first-order valence-electron chi connectivity index (χ1n) is 4.83. The Hall–Kier alpha value is -1.69. The quantitative estimate of drug-likeness (QED) is 0.891. The SMILES string of the molecule is COc1cc(C)c(Br)c(-c2cc(N)no2)c1O. The molecule has 17 heavy (non-hydrogen) atoms. The summed E-state index contributed by atoms with van der Waals surface area (Å²) in [5.41, 5.74) is 6.88. The number of aryl methyl sites for hydroxylation is 1. The molecule has 2 aromatic rings. The Morgan fingerprint density at radius 1 is 1.47 bits per heavy atom. The molecule has 0 bridgehead atoms. The van der Waals surface area contributed by atoms with Crippen LogP contribution in [-0.2, 0) is 0 Å². The molecule has 0 fully saturated rings. The zero-order chi connectivity index (χ0) is 12.6. The standard InChI is InChI=1S/C11H11BrN2O3/c1-5-3-7(16-2)11(15)9(10(5)12)6-4-8(13)14-17-6/h3-4,15H,1-2H3,(H2,13,14). The van der Waals surface area contributed by atoms with Crippen LogP contribution in [0.15, 0.2) is 21.1 Å². The van der Waals surface area contributed by atoms with E-state index in [1.807, 2.05) is 6.92 Å². The van der Waals surface area contributed by atoms with Gasteiger partial charge >= 0.3 is 0 Å². The molecular weight excluding hydrogens is 288 g/mol. The average Bonchev–Trinajstić information content (AvgIpc) is 2.70. The first-order valence-corrected chi connectivity index (χ1v) is 5.62. The summed E-state index contributed by atoms with van der Waals surface area (Å²) < 4.78 is 10.8. The molecule has 90 valence electrons. The number of hydrogen-bond donors (Lipinski definition) is 2. The second-order valence-corrected chi connectivity index (χ2v) is 4.34. The van der Waals surface area contributed by atoms with Crippen LogP contribution in [0.5, 0.6) is 11.5 Å². The van der Waals surface area contributed by atoms with Crippen LogP contribution in [0, 0.1) is 6.92 Å². The van der Waals surface area contributed by atoms with Crippen LogP contribution >= 0.6 is 15.9 Å². The summed E-state index contributed by atoms with van der Waals surface area (Å²) in [6.07, 6.45) is 0. The molecule has 0 spiro atoms. The molecule has 0 aliphatic rings. The molecule has 0 aliphatic heterocycles. The number of aromatic hydroxyl groups is 1. The third kappa shape index (κ3) is 1.95. The molecule has 0 amide bonds. The molecule has 1 aromatic carbocycles. The van der Waals surface area contributed by atoms with Crippen molar-refractivity contribution in [3.8, 4) is 22.8 Å². The third-order valence-electron chi connectivity index (χ3n) is 2.38. The summed E-state index contributed by atoms with van der Waals surface area (Å²) >= 11 is 3.40. The molecular formula is C11H11BrN2O3. The van der Waals surface area contributed by atoms with E-state index in [0.717, 1.165) is 5.56 Å². The van der Waals surface area contributed by atoms with Gasteiger partial charge < -0.3 is 20.1 Å². The Morgan fingerprint density at radius 3 is 2.71 bits per heavy atom. The molecule has 1 heterocycles.